The minimum Gasteiger partial charge on any atom is -0.351 e. The number of benzene rings is 2. The Kier molecular flexibility index (Phi) is 6.76. The number of aromatic nitrogens is 1. The van der Waals surface area contributed by atoms with Gasteiger partial charge in [0.25, 0.3) is 11.8 Å². The average Bonchev–Trinajstić information content (AvgIpc) is 3.24. The zero-order chi connectivity index (χ0) is 22.6. The number of amides is 2. The van der Waals surface area contributed by atoms with Gasteiger partial charge in [-0.15, -0.1) is 0 Å². The minimum absolute atomic E-state index is 0.0477. The second-order valence-electron chi connectivity index (χ2n) is 5.96. The summed E-state index contributed by atoms with van der Waals surface area (Å²) in [6, 6.07) is 9.06. The van der Waals surface area contributed by atoms with Crippen LogP contribution in [0.15, 0.2) is 62.8 Å². The zero-order valence-electron chi connectivity index (χ0n) is 15.2. The molecule has 0 unspecified atom stereocenters. The Balaban J connectivity index is 1.76. The maximum atomic E-state index is 12.9. The fraction of sp³-hybridized carbons (Fsp3) is 0.0526. The first-order valence-corrected chi connectivity index (χ1v) is 9.54. The molecule has 2 N–H and O–H groups in total. The minimum atomic E-state index is -4.63. The van der Waals surface area contributed by atoms with E-state index in [1.54, 1.807) is 6.07 Å². The van der Waals surface area contributed by atoms with E-state index in [4.69, 9.17) is 16.1 Å². The van der Waals surface area contributed by atoms with Gasteiger partial charge < -0.3 is 9.84 Å². The molecule has 3 rings (SSSR count). The lowest BCUT2D eigenvalue weighted by molar-refractivity contribution is -0.137. The Morgan fingerprint density at radius 3 is 2.58 bits per heavy atom. The molecule has 1 aromatic heterocycles. The van der Waals surface area contributed by atoms with Gasteiger partial charge >= 0.3 is 6.18 Å². The smallest absolute Gasteiger partial charge is 0.351 e. The van der Waals surface area contributed by atoms with Crippen molar-refractivity contribution in [3.8, 4) is 0 Å². The zero-order valence-corrected chi connectivity index (χ0v) is 17.5. The molecule has 0 saturated heterocycles. The summed E-state index contributed by atoms with van der Waals surface area (Å²) in [6.45, 7) is 0. The Labute approximate surface area is 186 Å². The monoisotopic (exact) mass is 514 g/mol. The molecule has 0 aliphatic rings. The van der Waals surface area contributed by atoms with Crippen molar-refractivity contribution >= 4 is 51.2 Å². The summed E-state index contributed by atoms with van der Waals surface area (Å²) < 4.78 is 44.1. The molecule has 0 bridgehead atoms. The third-order valence-corrected chi connectivity index (χ3v) is 4.63. The number of hydrogen-bond donors (Lipinski definition) is 2. The van der Waals surface area contributed by atoms with Gasteiger partial charge in [-0.25, -0.2) is 5.43 Å². The molecular formula is C19H11BrClF3N4O3. The third-order valence-electron chi connectivity index (χ3n) is 3.81. The number of anilines is 1. The van der Waals surface area contributed by atoms with Crippen LogP contribution in [0.25, 0.3) is 0 Å². The highest BCUT2D eigenvalue weighted by Gasteiger charge is 2.33. The van der Waals surface area contributed by atoms with Crippen LogP contribution in [0, 0.1) is 0 Å². The van der Waals surface area contributed by atoms with Crippen LogP contribution in [-0.2, 0) is 6.18 Å². The number of alkyl halides is 3. The summed E-state index contributed by atoms with van der Waals surface area (Å²) in [5.74, 6) is -1.40. The standard InChI is InChI=1S/C19H11BrClF3N4O3/c20-11-2-4-15(27-18(30)16-5-6-26-31-16)12(8-11)17(29)28-25-9-10-1-3-14(21)13(7-10)19(22,23)24/h1-9H,(H,27,30)(H,28,29)/b25-9+. The SMILES string of the molecule is O=C(Nc1ccc(Br)cc1C(=O)N/N=C/c1ccc(Cl)c(C(F)(F)F)c1)c1ccno1. The van der Waals surface area contributed by atoms with E-state index >= 15 is 0 Å². The van der Waals surface area contributed by atoms with Crippen molar-refractivity contribution in [1.29, 1.82) is 0 Å². The van der Waals surface area contributed by atoms with Gasteiger partial charge in [0, 0.05) is 10.5 Å². The van der Waals surface area contributed by atoms with E-state index in [1.807, 2.05) is 0 Å². The Morgan fingerprint density at radius 2 is 1.90 bits per heavy atom. The molecule has 160 valence electrons. The third kappa shape index (κ3) is 5.70. The summed E-state index contributed by atoms with van der Waals surface area (Å²) in [4.78, 5) is 24.7. The average molecular weight is 516 g/mol. The summed E-state index contributed by atoms with van der Waals surface area (Å²) in [5, 5.41) is 9.18. The molecule has 2 amide bonds. The van der Waals surface area contributed by atoms with Gasteiger partial charge in [-0.3, -0.25) is 9.59 Å². The molecule has 0 saturated carbocycles. The van der Waals surface area contributed by atoms with Gasteiger partial charge in [0.15, 0.2) is 0 Å². The molecule has 0 fully saturated rings. The number of hydrazone groups is 1. The molecular weight excluding hydrogens is 505 g/mol. The van der Waals surface area contributed by atoms with E-state index in [9.17, 15) is 22.8 Å². The van der Waals surface area contributed by atoms with Crippen LogP contribution >= 0.6 is 27.5 Å². The van der Waals surface area contributed by atoms with E-state index in [1.165, 1.54) is 30.5 Å². The molecule has 2 aromatic carbocycles. The quantitative estimate of drug-likeness (QED) is 0.364. The van der Waals surface area contributed by atoms with Gasteiger partial charge in [-0.2, -0.15) is 18.3 Å². The number of halogens is 5. The van der Waals surface area contributed by atoms with Gasteiger partial charge in [-0.05, 0) is 35.9 Å². The van der Waals surface area contributed by atoms with Gasteiger partial charge in [0.1, 0.15) is 0 Å². The molecule has 31 heavy (non-hydrogen) atoms. The molecule has 0 radical (unpaired) electrons. The predicted octanol–water partition coefficient (Wildman–Crippen LogP) is 5.13. The first kappa shape index (κ1) is 22.5. The lowest BCUT2D eigenvalue weighted by Gasteiger charge is -2.10. The van der Waals surface area contributed by atoms with Crippen LogP contribution in [0.2, 0.25) is 5.02 Å². The predicted molar refractivity (Wildman–Crippen MR) is 110 cm³/mol. The number of carbonyl (C=O) groups excluding carboxylic acids is 2. The van der Waals surface area contributed by atoms with E-state index in [0.29, 0.717) is 4.47 Å². The molecule has 0 aliphatic heterocycles. The van der Waals surface area contributed by atoms with Crippen molar-refractivity contribution < 1.29 is 27.3 Å². The Morgan fingerprint density at radius 1 is 1.13 bits per heavy atom. The first-order valence-electron chi connectivity index (χ1n) is 8.37. The highest BCUT2D eigenvalue weighted by Crippen LogP contribution is 2.34. The summed E-state index contributed by atoms with van der Waals surface area (Å²) >= 11 is 8.80. The van der Waals surface area contributed by atoms with Crippen LogP contribution in [0.3, 0.4) is 0 Å². The van der Waals surface area contributed by atoms with Crippen molar-refractivity contribution in [1.82, 2.24) is 10.6 Å². The van der Waals surface area contributed by atoms with E-state index in [2.05, 4.69) is 36.9 Å². The lowest BCUT2D eigenvalue weighted by Crippen LogP contribution is -2.21. The fourth-order valence-electron chi connectivity index (χ4n) is 2.40. The van der Waals surface area contributed by atoms with Crippen molar-refractivity contribution in [3.05, 3.63) is 80.6 Å². The first-order chi connectivity index (χ1) is 14.6. The second kappa shape index (κ2) is 9.31. The van der Waals surface area contributed by atoms with Crippen LogP contribution in [0.1, 0.15) is 32.0 Å². The highest BCUT2D eigenvalue weighted by molar-refractivity contribution is 9.10. The van der Waals surface area contributed by atoms with Crippen LogP contribution in [0.4, 0.5) is 18.9 Å². The van der Waals surface area contributed by atoms with Crippen molar-refractivity contribution in [3.63, 3.8) is 0 Å². The maximum Gasteiger partial charge on any atom is 0.417 e. The molecule has 0 aliphatic carbocycles. The number of nitrogens with one attached hydrogen (secondary N) is 2. The van der Waals surface area contributed by atoms with Gasteiger partial charge in [0.05, 0.1) is 34.2 Å². The van der Waals surface area contributed by atoms with E-state index in [-0.39, 0.29) is 22.6 Å². The van der Waals surface area contributed by atoms with Crippen LogP contribution in [-0.4, -0.2) is 23.2 Å². The largest absolute Gasteiger partial charge is 0.417 e. The highest BCUT2D eigenvalue weighted by atomic mass is 79.9. The van der Waals surface area contributed by atoms with E-state index in [0.717, 1.165) is 18.3 Å². The fourth-order valence-corrected chi connectivity index (χ4v) is 2.98. The van der Waals surface area contributed by atoms with Crippen LogP contribution in [0.5, 0.6) is 0 Å². The number of rotatable bonds is 5. The molecule has 0 atom stereocenters. The molecule has 0 spiro atoms. The number of nitrogens with zero attached hydrogens (tertiary/aromatic N) is 2. The Bertz CT molecular complexity index is 1150. The normalized spacial score (nSPS) is 11.5. The number of hydrogen-bond acceptors (Lipinski definition) is 5. The molecule has 7 nitrogen and oxygen atoms in total. The van der Waals surface area contributed by atoms with Gasteiger partial charge in [0.2, 0.25) is 5.76 Å². The lowest BCUT2D eigenvalue weighted by atomic mass is 10.1. The van der Waals surface area contributed by atoms with Crippen molar-refractivity contribution in [2.75, 3.05) is 5.32 Å². The topological polar surface area (TPSA) is 96.6 Å². The summed E-state index contributed by atoms with van der Waals surface area (Å²) in [6.07, 6.45) is -2.30. The van der Waals surface area contributed by atoms with Crippen molar-refractivity contribution in [2.24, 2.45) is 5.10 Å². The molecule has 12 heteroatoms. The Hall–Kier alpha value is -3.18. The molecule has 1 heterocycles. The van der Waals surface area contributed by atoms with E-state index < -0.39 is 28.6 Å². The molecule has 3 aromatic rings. The summed E-state index contributed by atoms with van der Waals surface area (Å²) in [7, 11) is 0. The maximum absolute atomic E-state index is 12.9. The summed E-state index contributed by atoms with van der Waals surface area (Å²) in [5.41, 5.74) is 1.46. The number of carbonyl (C=O) groups is 2. The van der Waals surface area contributed by atoms with Crippen LogP contribution < -0.4 is 10.7 Å². The van der Waals surface area contributed by atoms with Crippen molar-refractivity contribution in [2.45, 2.75) is 6.18 Å². The van der Waals surface area contributed by atoms with Gasteiger partial charge in [-0.1, -0.05) is 38.8 Å². The second-order valence-corrected chi connectivity index (χ2v) is 7.28.